The molecule has 0 N–H and O–H groups in total. The van der Waals surface area contributed by atoms with Gasteiger partial charge in [0.05, 0.1) is 5.22 Å². The first kappa shape index (κ1) is 16.4. The van der Waals surface area contributed by atoms with Crippen LogP contribution in [0.3, 0.4) is 0 Å². The maximum absolute atomic E-state index is 6.36. The molecule has 0 radical (unpaired) electrons. The normalized spacial score (nSPS) is 20.2. The SMILES string of the molecule is CCC(C)O[SiH](C)[C@@](C)(CC)O[Si](C)(C)C. The van der Waals surface area contributed by atoms with Gasteiger partial charge in [0.2, 0.25) is 9.04 Å². The van der Waals surface area contributed by atoms with Crippen molar-refractivity contribution in [1.82, 2.24) is 0 Å². The Morgan fingerprint density at radius 2 is 1.75 bits per heavy atom. The topological polar surface area (TPSA) is 18.5 Å². The Morgan fingerprint density at radius 3 is 2.06 bits per heavy atom. The third-order valence-corrected chi connectivity index (χ3v) is 7.55. The minimum atomic E-state index is -1.48. The molecule has 0 fully saturated rings. The summed E-state index contributed by atoms with van der Waals surface area (Å²) in [5, 5.41) is -0.00605. The quantitative estimate of drug-likeness (QED) is 0.651. The van der Waals surface area contributed by atoms with E-state index in [9.17, 15) is 0 Å². The lowest BCUT2D eigenvalue weighted by Crippen LogP contribution is -2.52. The first-order valence-corrected chi connectivity index (χ1v) is 12.1. The molecule has 2 nitrogen and oxygen atoms in total. The minimum Gasteiger partial charge on any atom is -0.415 e. The van der Waals surface area contributed by atoms with Gasteiger partial charge in [0.1, 0.15) is 0 Å². The summed E-state index contributed by atoms with van der Waals surface area (Å²) >= 11 is 0. The van der Waals surface area contributed by atoms with Gasteiger partial charge in [-0.15, -0.1) is 0 Å². The summed E-state index contributed by atoms with van der Waals surface area (Å²) in [5.41, 5.74) is 0. The highest BCUT2D eigenvalue weighted by Crippen LogP contribution is 2.25. The number of rotatable bonds is 7. The zero-order valence-electron chi connectivity index (χ0n) is 12.4. The van der Waals surface area contributed by atoms with Gasteiger partial charge >= 0.3 is 0 Å². The van der Waals surface area contributed by atoms with Gasteiger partial charge in [-0.1, -0.05) is 13.8 Å². The van der Waals surface area contributed by atoms with Gasteiger partial charge in [0.25, 0.3) is 0 Å². The van der Waals surface area contributed by atoms with Crippen LogP contribution in [0.1, 0.15) is 40.5 Å². The summed E-state index contributed by atoms with van der Waals surface area (Å²) in [7, 11) is -2.78. The Hall–Kier alpha value is 0.354. The molecular weight excluding hydrogens is 232 g/mol. The Labute approximate surface area is 105 Å². The number of hydrogen-bond donors (Lipinski definition) is 0. The lowest BCUT2D eigenvalue weighted by molar-refractivity contribution is 0.109. The molecule has 0 saturated heterocycles. The summed E-state index contributed by atoms with van der Waals surface area (Å²) < 4.78 is 12.5. The molecule has 0 spiro atoms. The zero-order chi connectivity index (χ0) is 13.0. The van der Waals surface area contributed by atoms with Crippen LogP contribution in [0.25, 0.3) is 0 Å². The molecule has 0 saturated carbocycles. The maximum atomic E-state index is 6.36. The summed E-state index contributed by atoms with van der Waals surface area (Å²) in [6.45, 7) is 17.8. The van der Waals surface area contributed by atoms with Crippen LogP contribution in [0.2, 0.25) is 26.2 Å². The predicted molar refractivity (Wildman–Crippen MR) is 77.0 cm³/mol. The molecule has 3 atom stereocenters. The van der Waals surface area contributed by atoms with Gasteiger partial charge in [0, 0.05) is 6.10 Å². The zero-order valence-corrected chi connectivity index (χ0v) is 14.5. The molecular formula is C12H30O2Si2. The van der Waals surface area contributed by atoms with E-state index in [4.69, 9.17) is 8.85 Å². The van der Waals surface area contributed by atoms with E-state index in [2.05, 4.69) is 53.9 Å². The molecule has 98 valence electrons. The van der Waals surface area contributed by atoms with Crippen molar-refractivity contribution in [1.29, 1.82) is 0 Å². The summed E-state index contributed by atoms with van der Waals surface area (Å²) in [6, 6.07) is 0. The highest BCUT2D eigenvalue weighted by molar-refractivity contribution is 6.71. The van der Waals surface area contributed by atoms with Crippen molar-refractivity contribution in [3.05, 3.63) is 0 Å². The molecule has 0 aromatic carbocycles. The first-order valence-electron chi connectivity index (χ1n) is 6.50. The molecule has 0 aromatic rings. The third kappa shape index (κ3) is 5.61. The van der Waals surface area contributed by atoms with Gasteiger partial charge in [-0.05, 0) is 52.9 Å². The van der Waals surface area contributed by atoms with Crippen LogP contribution in [-0.2, 0) is 8.85 Å². The van der Waals surface area contributed by atoms with E-state index in [1.165, 1.54) is 0 Å². The lowest BCUT2D eigenvalue weighted by atomic mass is 10.3. The van der Waals surface area contributed by atoms with E-state index in [0.717, 1.165) is 12.8 Å². The van der Waals surface area contributed by atoms with E-state index in [1.54, 1.807) is 0 Å². The maximum Gasteiger partial charge on any atom is 0.204 e. The second-order valence-corrected chi connectivity index (χ2v) is 13.1. The van der Waals surface area contributed by atoms with E-state index in [-0.39, 0.29) is 5.22 Å². The Morgan fingerprint density at radius 1 is 1.25 bits per heavy atom. The van der Waals surface area contributed by atoms with Crippen molar-refractivity contribution < 1.29 is 8.85 Å². The average Bonchev–Trinajstić information content (AvgIpc) is 2.14. The van der Waals surface area contributed by atoms with Crippen molar-refractivity contribution in [3.8, 4) is 0 Å². The molecule has 0 aliphatic heterocycles. The van der Waals surface area contributed by atoms with Crippen LogP contribution < -0.4 is 0 Å². The molecule has 0 heterocycles. The fraction of sp³-hybridized carbons (Fsp3) is 1.00. The molecule has 16 heavy (non-hydrogen) atoms. The van der Waals surface area contributed by atoms with Crippen LogP contribution in [0, 0.1) is 0 Å². The van der Waals surface area contributed by atoms with Crippen LogP contribution in [0.4, 0.5) is 0 Å². The Kier molecular flexibility index (Phi) is 6.47. The molecule has 0 rings (SSSR count). The van der Waals surface area contributed by atoms with Crippen LogP contribution in [0.15, 0.2) is 0 Å². The Bertz CT molecular complexity index is 204. The molecule has 0 amide bonds. The van der Waals surface area contributed by atoms with Gasteiger partial charge in [-0.25, -0.2) is 0 Å². The molecule has 0 aromatic heterocycles. The molecule has 4 heteroatoms. The highest BCUT2D eigenvalue weighted by atomic mass is 28.4. The van der Waals surface area contributed by atoms with Gasteiger partial charge in [-0.3, -0.25) is 0 Å². The first-order chi connectivity index (χ1) is 7.14. The van der Waals surface area contributed by atoms with Crippen molar-refractivity contribution in [2.45, 2.75) is 78.1 Å². The summed E-state index contributed by atoms with van der Waals surface area (Å²) in [6.07, 6.45) is 2.52. The Balaban J connectivity index is 4.55. The van der Waals surface area contributed by atoms with Gasteiger partial charge in [0.15, 0.2) is 8.32 Å². The summed E-state index contributed by atoms with van der Waals surface area (Å²) in [5.74, 6) is 0. The molecule has 0 bridgehead atoms. The van der Waals surface area contributed by atoms with Crippen molar-refractivity contribution in [2.75, 3.05) is 0 Å². The number of hydrogen-bond acceptors (Lipinski definition) is 2. The predicted octanol–water partition coefficient (Wildman–Crippen LogP) is 3.71. The van der Waals surface area contributed by atoms with E-state index in [0.29, 0.717) is 6.10 Å². The second-order valence-electron chi connectivity index (χ2n) is 5.88. The van der Waals surface area contributed by atoms with Crippen LogP contribution in [-0.4, -0.2) is 28.7 Å². The molecule has 2 unspecified atom stereocenters. The van der Waals surface area contributed by atoms with Crippen LogP contribution >= 0.6 is 0 Å². The minimum absolute atomic E-state index is 0.00605. The summed E-state index contributed by atoms with van der Waals surface area (Å²) in [4.78, 5) is 0. The largest absolute Gasteiger partial charge is 0.415 e. The van der Waals surface area contributed by atoms with Crippen molar-refractivity contribution >= 4 is 17.4 Å². The fourth-order valence-electron chi connectivity index (χ4n) is 1.73. The van der Waals surface area contributed by atoms with Crippen molar-refractivity contribution in [2.24, 2.45) is 0 Å². The highest BCUT2D eigenvalue weighted by Gasteiger charge is 2.37. The van der Waals surface area contributed by atoms with Crippen molar-refractivity contribution in [3.63, 3.8) is 0 Å². The van der Waals surface area contributed by atoms with Gasteiger partial charge in [-0.2, -0.15) is 0 Å². The lowest BCUT2D eigenvalue weighted by Gasteiger charge is -2.40. The fourth-order valence-corrected chi connectivity index (χ4v) is 6.75. The van der Waals surface area contributed by atoms with Crippen LogP contribution in [0.5, 0.6) is 0 Å². The standard InChI is InChI=1S/C12H30O2Si2/c1-9-11(3)13-15(5)12(4,10-2)14-16(6,7)8/h11,15H,9-10H2,1-8H3/t11?,12-,15?/m0/s1. The van der Waals surface area contributed by atoms with E-state index in [1.807, 2.05) is 0 Å². The second kappa shape index (κ2) is 6.33. The average molecular weight is 263 g/mol. The molecule has 0 aliphatic rings. The monoisotopic (exact) mass is 262 g/mol. The van der Waals surface area contributed by atoms with E-state index >= 15 is 0 Å². The third-order valence-electron chi connectivity index (χ3n) is 3.11. The van der Waals surface area contributed by atoms with Gasteiger partial charge < -0.3 is 8.85 Å². The van der Waals surface area contributed by atoms with E-state index < -0.39 is 17.4 Å². The smallest absolute Gasteiger partial charge is 0.204 e. The molecule has 0 aliphatic carbocycles.